The lowest BCUT2D eigenvalue weighted by Crippen LogP contribution is -1.99. The maximum atomic E-state index is 13.7. The van der Waals surface area contributed by atoms with Crippen molar-refractivity contribution in [2.24, 2.45) is 0 Å². The molecule has 0 amide bonds. The van der Waals surface area contributed by atoms with E-state index in [-0.39, 0.29) is 11.3 Å². The van der Waals surface area contributed by atoms with Crippen LogP contribution in [-0.2, 0) is 0 Å². The van der Waals surface area contributed by atoms with E-state index in [2.05, 4.69) is 27.4 Å². The van der Waals surface area contributed by atoms with Gasteiger partial charge in [-0.05, 0) is 30.3 Å². The summed E-state index contributed by atoms with van der Waals surface area (Å²) in [6.07, 6.45) is 1.47. The van der Waals surface area contributed by atoms with Crippen LogP contribution in [-0.4, -0.2) is 17.1 Å². The Kier molecular flexibility index (Phi) is 3.54. The maximum Gasteiger partial charge on any atom is 0.232 e. The van der Waals surface area contributed by atoms with Crippen LogP contribution in [0.1, 0.15) is 5.56 Å². The molecular formula is C16H10FN4O. The zero-order valence-electron chi connectivity index (χ0n) is 11.6. The van der Waals surface area contributed by atoms with Crippen LogP contribution in [0.15, 0.2) is 36.5 Å². The quantitative estimate of drug-likeness (QED) is 0.803. The summed E-state index contributed by atoms with van der Waals surface area (Å²) in [7, 11) is 1.47. The number of anilines is 2. The lowest BCUT2D eigenvalue weighted by Gasteiger charge is -2.10. The highest BCUT2D eigenvalue weighted by Crippen LogP contribution is 2.28. The largest absolute Gasteiger partial charge is 0.480 e. The van der Waals surface area contributed by atoms with E-state index in [0.29, 0.717) is 22.6 Å². The first kappa shape index (κ1) is 13.8. The molecule has 107 valence electrons. The minimum atomic E-state index is -0.431. The monoisotopic (exact) mass is 293 g/mol. The number of halogens is 1. The predicted molar refractivity (Wildman–Crippen MR) is 79.3 cm³/mol. The number of nitrogens with zero attached hydrogens (tertiary/aromatic N) is 3. The van der Waals surface area contributed by atoms with Crippen LogP contribution in [0.4, 0.5) is 15.8 Å². The second-order valence-corrected chi connectivity index (χ2v) is 4.41. The third kappa shape index (κ3) is 2.40. The van der Waals surface area contributed by atoms with Gasteiger partial charge < -0.3 is 10.1 Å². The molecule has 0 bridgehead atoms. The summed E-state index contributed by atoms with van der Waals surface area (Å²) >= 11 is 0. The van der Waals surface area contributed by atoms with Crippen LogP contribution in [0.5, 0.6) is 5.88 Å². The predicted octanol–water partition coefficient (Wildman–Crippen LogP) is 3.19. The van der Waals surface area contributed by atoms with E-state index in [1.807, 2.05) is 0 Å². The normalized spacial score (nSPS) is 10.2. The fraction of sp³-hybridized carbons (Fsp3) is 0.0625. The number of methoxy groups -OCH3 is 1. The van der Waals surface area contributed by atoms with Crippen molar-refractivity contribution in [2.45, 2.75) is 0 Å². The average molecular weight is 293 g/mol. The van der Waals surface area contributed by atoms with Crippen LogP contribution >= 0.6 is 0 Å². The Morgan fingerprint density at radius 3 is 2.91 bits per heavy atom. The zero-order valence-corrected chi connectivity index (χ0v) is 11.6. The highest BCUT2D eigenvalue weighted by atomic mass is 19.1. The van der Waals surface area contributed by atoms with Gasteiger partial charge in [0.25, 0.3) is 0 Å². The first-order valence-corrected chi connectivity index (χ1v) is 6.39. The van der Waals surface area contributed by atoms with E-state index in [1.54, 1.807) is 12.1 Å². The highest BCUT2D eigenvalue weighted by molar-refractivity contribution is 5.88. The Balaban J connectivity index is 2.14. The van der Waals surface area contributed by atoms with Crippen molar-refractivity contribution in [1.82, 2.24) is 9.97 Å². The van der Waals surface area contributed by atoms with Gasteiger partial charge in [-0.15, -0.1) is 0 Å². The molecule has 1 aromatic heterocycles. The van der Waals surface area contributed by atoms with Gasteiger partial charge >= 0.3 is 0 Å². The number of ether oxygens (including phenoxy) is 1. The van der Waals surface area contributed by atoms with E-state index in [4.69, 9.17) is 4.74 Å². The fourth-order valence-electron chi connectivity index (χ4n) is 2.03. The number of fused-ring (bicyclic) bond motifs is 1. The van der Waals surface area contributed by atoms with Crippen molar-refractivity contribution < 1.29 is 9.13 Å². The van der Waals surface area contributed by atoms with Crippen LogP contribution in [0, 0.1) is 23.2 Å². The molecule has 1 radical (unpaired) electrons. The van der Waals surface area contributed by atoms with Gasteiger partial charge in [0.2, 0.25) is 5.88 Å². The summed E-state index contributed by atoms with van der Waals surface area (Å²) in [6.45, 7) is 0. The van der Waals surface area contributed by atoms with Crippen molar-refractivity contribution in [2.75, 3.05) is 12.4 Å². The maximum absolute atomic E-state index is 13.7. The van der Waals surface area contributed by atoms with E-state index in [1.165, 1.54) is 31.5 Å². The molecule has 1 heterocycles. The molecule has 0 unspecified atom stereocenters. The molecule has 0 saturated carbocycles. The molecule has 0 spiro atoms. The lowest BCUT2D eigenvalue weighted by molar-refractivity contribution is 0.397. The number of nitriles is 1. The molecule has 3 aromatic rings. The van der Waals surface area contributed by atoms with E-state index >= 15 is 0 Å². The van der Waals surface area contributed by atoms with Crippen molar-refractivity contribution in [3.05, 3.63) is 54.0 Å². The van der Waals surface area contributed by atoms with Crippen LogP contribution in [0.2, 0.25) is 0 Å². The smallest absolute Gasteiger partial charge is 0.232 e. The molecule has 1 N–H and O–H groups in total. The minimum absolute atomic E-state index is 0.231. The summed E-state index contributed by atoms with van der Waals surface area (Å²) in [4.78, 5) is 8.42. The van der Waals surface area contributed by atoms with Crippen LogP contribution in [0.3, 0.4) is 0 Å². The van der Waals surface area contributed by atoms with E-state index < -0.39 is 5.82 Å². The molecule has 3 rings (SSSR count). The van der Waals surface area contributed by atoms with Gasteiger partial charge in [0.1, 0.15) is 23.0 Å². The van der Waals surface area contributed by atoms with E-state index in [9.17, 15) is 9.65 Å². The van der Waals surface area contributed by atoms with Crippen molar-refractivity contribution in [3.63, 3.8) is 0 Å². The summed E-state index contributed by atoms with van der Waals surface area (Å²) < 4.78 is 18.8. The molecule has 0 saturated heterocycles. The first-order valence-electron chi connectivity index (χ1n) is 6.39. The second-order valence-electron chi connectivity index (χ2n) is 4.41. The van der Waals surface area contributed by atoms with Gasteiger partial charge in [0, 0.05) is 0 Å². The summed E-state index contributed by atoms with van der Waals surface area (Å²) in [5, 5.41) is 12.3. The molecule has 6 heteroatoms. The molecule has 0 aliphatic heterocycles. The molecule has 5 nitrogen and oxygen atoms in total. The minimum Gasteiger partial charge on any atom is -0.480 e. The zero-order chi connectivity index (χ0) is 15.5. The fourth-order valence-corrected chi connectivity index (χ4v) is 2.03. The second kappa shape index (κ2) is 5.66. The number of benzene rings is 2. The Morgan fingerprint density at radius 1 is 1.32 bits per heavy atom. The van der Waals surface area contributed by atoms with E-state index in [0.717, 1.165) is 0 Å². The third-order valence-corrected chi connectivity index (χ3v) is 3.09. The molecule has 0 aliphatic rings. The molecule has 2 aromatic carbocycles. The average Bonchev–Trinajstić information content (AvgIpc) is 2.56. The van der Waals surface area contributed by atoms with Crippen molar-refractivity contribution in [1.29, 1.82) is 5.26 Å². The van der Waals surface area contributed by atoms with Crippen LogP contribution in [0.25, 0.3) is 11.0 Å². The number of hydrogen-bond donors (Lipinski definition) is 1. The topological polar surface area (TPSA) is 70.8 Å². The van der Waals surface area contributed by atoms with Crippen LogP contribution < -0.4 is 10.1 Å². The van der Waals surface area contributed by atoms with Gasteiger partial charge in [-0.3, -0.25) is 0 Å². The molecule has 22 heavy (non-hydrogen) atoms. The van der Waals surface area contributed by atoms with Gasteiger partial charge in [-0.25, -0.2) is 14.4 Å². The third-order valence-electron chi connectivity index (χ3n) is 3.09. The van der Waals surface area contributed by atoms with Gasteiger partial charge in [0.15, 0.2) is 0 Å². The molecule has 0 atom stereocenters. The van der Waals surface area contributed by atoms with Crippen molar-refractivity contribution >= 4 is 22.4 Å². The Hall–Kier alpha value is -3.20. The first-order chi connectivity index (χ1) is 10.7. The standard InChI is InChI=1S/C16H10FN4O/c1-22-15-9-19-14-7-6-12(10(8-18)16(14)21-15)20-13-5-3-2-4-11(13)17/h2,4-7,9,20H,1H3. The van der Waals surface area contributed by atoms with Gasteiger partial charge in [-0.1, -0.05) is 6.07 Å². The number of rotatable bonds is 3. The number of hydrogen-bond acceptors (Lipinski definition) is 5. The Bertz CT molecular complexity index is 889. The van der Waals surface area contributed by atoms with Gasteiger partial charge in [0.05, 0.1) is 30.2 Å². The SMILES string of the molecule is COc1cnc2ccc(Nc3c[c]ccc3F)c(C#N)c2n1. The summed E-state index contributed by atoms with van der Waals surface area (Å²) in [5.74, 6) is -0.125. The number of aromatic nitrogens is 2. The van der Waals surface area contributed by atoms with Gasteiger partial charge in [-0.2, -0.15) is 5.26 Å². The van der Waals surface area contributed by atoms with Crippen molar-refractivity contribution in [3.8, 4) is 11.9 Å². The molecule has 0 fully saturated rings. The highest BCUT2D eigenvalue weighted by Gasteiger charge is 2.12. The Morgan fingerprint density at radius 2 is 2.18 bits per heavy atom. The summed E-state index contributed by atoms with van der Waals surface area (Å²) in [6, 6.07) is 12.5. The molecule has 0 aliphatic carbocycles. The summed E-state index contributed by atoms with van der Waals surface area (Å²) in [5.41, 5.74) is 1.90. The Labute approximate surface area is 126 Å². The molecular weight excluding hydrogens is 283 g/mol. The lowest BCUT2D eigenvalue weighted by atomic mass is 10.1. The number of nitrogens with one attached hydrogen (secondary N) is 1.